The fourth-order valence-electron chi connectivity index (χ4n) is 2.71. The van der Waals surface area contributed by atoms with Gasteiger partial charge in [0.25, 0.3) is 0 Å². The van der Waals surface area contributed by atoms with Crippen LogP contribution in [0, 0.1) is 0 Å². The molecule has 0 aliphatic heterocycles. The van der Waals surface area contributed by atoms with E-state index in [1.165, 1.54) is 7.11 Å². The number of benzene rings is 1. The van der Waals surface area contributed by atoms with Crippen molar-refractivity contribution >= 4 is 22.8 Å². The first-order valence-corrected chi connectivity index (χ1v) is 8.56. The Balaban J connectivity index is 2.17. The minimum absolute atomic E-state index is 0.0233. The molecule has 1 atom stereocenters. The van der Waals surface area contributed by atoms with Gasteiger partial charge >= 0.3 is 0 Å². The van der Waals surface area contributed by atoms with E-state index >= 15 is 0 Å². The Morgan fingerprint density at radius 2 is 1.96 bits per heavy atom. The second kappa shape index (κ2) is 9.88. The van der Waals surface area contributed by atoms with E-state index in [2.05, 4.69) is 15.6 Å². The maximum atomic E-state index is 12.3. The monoisotopic (exact) mass is 362 g/mol. The molecular weight excluding hydrogens is 336 g/mol. The van der Waals surface area contributed by atoms with Crippen LogP contribution in [0.3, 0.4) is 0 Å². The number of nitrogens with one attached hydrogen (secondary N) is 2. The lowest BCUT2D eigenvalue weighted by Crippen LogP contribution is -2.33. The van der Waals surface area contributed by atoms with Crippen LogP contribution in [-0.2, 0) is 25.6 Å². The van der Waals surface area contributed by atoms with Crippen molar-refractivity contribution in [1.29, 1.82) is 0 Å². The second-order valence-corrected chi connectivity index (χ2v) is 5.96. The number of hydrogen-bond donors (Lipinski definition) is 2. The highest BCUT2D eigenvalue weighted by atomic mass is 16.5. The van der Waals surface area contributed by atoms with Crippen LogP contribution < -0.4 is 10.6 Å². The zero-order valence-corrected chi connectivity index (χ0v) is 15.4. The summed E-state index contributed by atoms with van der Waals surface area (Å²) in [6, 6.07) is 7.23. The van der Waals surface area contributed by atoms with E-state index in [1.54, 1.807) is 7.11 Å². The highest BCUT2D eigenvalue weighted by molar-refractivity contribution is 5.81. The van der Waals surface area contributed by atoms with E-state index in [0.29, 0.717) is 19.0 Å². The van der Waals surface area contributed by atoms with Crippen LogP contribution in [0.4, 0.5) is 0 Å². The van der Waals surface area contributed by atoms with Crippen molar-refractivity contribution < 1.29 is 19.1 Å². The van der Waals surface area contributed by atoms with Crippen molar-refractivity contribution in [1.82, 2.24) is 20.2 Å². The SMILES string of the molecule is COCCCNC(=O)Cn1c(C(C)NC(=O)COC)nc2ccccc21. The summed E-state index contributed by atoms with van der Waals surface area (Å²) in [5.74, 6) is 0.284. The van der Waals surface area contributed by atoms with Gasteiger partial charge < -0.3 is 24.7 Å². The van der Waals surface area contributed by atoms with Crippen LogP contribution in [0.15, 0.2) is 24.3 Å². The fourth-order valence-corrected chi connectivity index (χ4v) is 2.71. The van der Waals surface area contributed by atoms with Gasteiger partial charge in [0.1, 0.15) is 19.0 Å². The van der Waals surface area contributed by atoms with Crippen LogP contribution >= 0.6 is 0 Å². The highest BCUT2D eigenvalue weighted by Crippen LogP contribution is 2.20. The number of carbonyl (C=O) groups is 2. The molecule has 142 valence electrons. The average Bonchev–Trinajstić information content (AvgIpc) is 2.98. The first kappa shape index (κ1) is 19.9. The fraction of sp³-hybridized carbons (Fsp3) is 0.500. The third-order valence-electron chi connectivity index (χ3n) is 3.87. The van der Waals surface area contributed by atoms with Crippen molar-refractivity contribution in [2.24, 2.45) is 0 Å². The molecule has 1 aromatic heterocycles. The van der Waals surface area contributed by atoms with Gasteiger partial charge in [0.15, 0.2) is 0 Å². The summed E-state index contributed by atoms with van der Waals surface area (Å²) < 4.78 is 11.7. The molecule has 0 aliphatic carbocycles. The highest BCUT2D eigenvalue weighted by Gasteiger charge is 2.19. The third-order valence-corrected chi connectivity index (χ3v) is 3.87. The summed E-state index contributed by atoms with van der Waals surface area (Å²) in [5.41, 5.74) is 1.63. The van der Waals surface area contributed by atoms with Gasteiger partial charge in [-0.1, -0.05) is 12.1 Å². The Labute approximate surface area is 152 Å². The summed E-state index contributed by atoms with van der Waals surface area (Å²) in [7, 11) is 3.10. The molecule has 0 aliphatic rings. The standard InChI is InChI=1S/C18H26N4O4/c1-13(20-17(24)12-26-3)18-21-14-7-4-5-8-15(14)22(18)11-16(23)19-9-6-10-25-2/h4-5,7-8,13H,6,9-12H2,1-3H3,(H,19,23)(H,20,24). The second-order valence-electron chi connectivity index (χ2n) is 5.96. The molecule has 0 saturated heterocycles. The van der Waals surface area contributed by atoms with E-state index in [9.17, 15) is 9.59 Å². The number of fused-ring (bicyclic) bond motifs is 1. The number of ether oxygens (including phenoxy) is 2. The van der Waals surface area contributed by atoms with E-state index in [1.807, 2.05) is 35.8 Å². The van der Waals surface area contributed by atoms with Gasteiger partial charge in [-0.25, -0.2) is 4.98 Å². The van der Waals surface area contributed by atoms with Crippen molar-refractivity contribution in [3.63, 3.8) is 0 Å². The lowest BCUT2D eigenvalue weighted by molar-refractivity contribution is -0.125. The minimum Gasteiger partial charge on any atom is -0.385 e. The molecule has 2 amide bonds. The van der Waals surface area contributed by atoms with Gasteiger partial charge in [0, 0.05) is 27.4 Å². The number of imidazole rings is 1. The minimum atomic E-state index is -0.355. The first-order chi connectivity index (χ1) is 12.6. The number of para-hydroxylation sites is 2. The number of methoxy groups -OCH3 is 2. The zero-order chi connectivity index (χ0) is 18.9. The molecule has 8 nitrogen and oxygen atoms in total. The van der Waals surface area contributed by atoms with Crippen LogP contribution in [0.2, 0.25) is 0 Å². The molecule has 2 rings (SSSR count). The Bertz CT molecular complexity index is 744. The zero-order valence-electron chi connectivity index (χ0n) is 15.4. The number of nitrogens with zero attached hydrogens (tertiary/aromatic N) is 2. The average molecular weight is 362 g/mol. The molecular formula is C18H26N4O4. The normalized spacial score (nSPS) is 12.1. The number of carbonyl (C=O) groups excluding carboxylic acids is 2. The van der Waals surface area contributed by atoms with Crippen LogP contribution in [0.1, 0.15) is 25.2 Å². The van der Waals surface area contributed by atoms with E-state index in [-0.39, 0.29) is 31.0 Å². The topological polar surface area (TPSA) is 94.5 Å². The summed E-state index contributed by atoms with van der Waals surface area (Å²) in [5, 5.41) is 5.71. The summed E-state index contributed by atoms with van der Waals surface area (Å²) in [4.78, 5) is 28.7. The molecule has 1 heterocycles. The van der Waals surface area contributed by atoms with E-state index < -0.39 is 0 Å². The van der Waals surface area contributed by atoms with Gasteiger partial charge in [-0.2, -0.15) is 0 Å². The summed E-state index contributed by atoms with van der Waals surface area (Å²) in [6.07, 6.45) is 0.753. The predicted octanol–water partition coefficient (Wildman–Crippen LogP) is 1.01. The van der Waals surface area contributed by atoms with Crippen molar-refractivity contribution in [3.8, 4) is 0 Å². The van der Waals surface area contributed by atoms with E-state index in [4.69, 9.17) is 9.47 Å². The Morgan fingerprint density at radius 1 is 1.19 bits per heavy atom. The molecule has 26 heavy (non-hydrogen) atoms. The van der Waals surface area contributed by atoms with Gasteiger partial charge in [0.05, 0.1) is 17.1 Å². The summed E-state index contributed by atoms with van der Waals surface area (Å²) >= 11 is 0. The van der Waals surface area contributed by atoms with Crippen molar-refractivity contribution in [2.75, 3.05) is 34.0 Å². The molecule has 8 heteroatoms. The maximum Gasteiger partial charge on any atom is 0.246 e. The predicted molar refractivity (Wildman–Crippen MR) is 97.7 cm³/mol. The first-order valence-electron chi connectivity index (χ1n) is 8.56. The lowest BCUT2D eigenvalue weighted by atomic mass is 10.3. The Morgan fingerprint density at radius 3 is 2.69 bits per heavy atom. The quantitative estimate of drug-likeness (QED) is 0.615. The smallest absolute Gasteiger partial charge is 0.246 e. The van der Waals surface area contributed by atoms with Crippen LogP contribution in [-0.4, -0.2) is 55.3 Å². The lowest BCUT2D eigenvalue weighted by Gasteiger charge is -2.16. The third kappa shape index (κ3) is 5.27. The van der Waals surface area contributed by atoms with E-state index in [0.717, 1.165) is 17.5 Å². The van der Waals surface area contributed by atoms with Gasteiger partial charge in [-0.15, -0.1) is 0 Å². The number of hydrogen-bond acceptors (Lipinski definition) is 5. The molecule has 1 aromatic carbocycles. The van der Waals surface area contributed by atoms with Crippen LogP contribution in [0.25, 0.3) is 11.0 Å². The molecule has 2 aromatic rings. The molecule has 1 unspecified atom stereocenters. The summed E-state index contributed by atoms with van der Waals surface area (Å²) in [6.45, 7) is 3.09. The van der Waals surface area contributed by atoms with Gasteiger partial charge in [-0.05, 0) is 25.5 Å². The molecule has 0 radical (unpaired) electrons. The maximum absolute atomic E-state index is 12.3. The number of rotatable bonds is 10. The van der Waals surface area contributed by atoms with Gasteiger partial charge in [0.2, 0.25) is 11.8 Å². The molecule has 0 saturated carbocycles. The largest absolute Gasteiger partial charge is 0.385 e. The number of aromatic nitrogens is 2. The van der Waals surface area contributed by atoms with Crippen LogP contribution in [0.5, 0.6) is 0 Å². The molecule has 0 spiro atoms. The Hall–Kier alpha value is -2.45. The number of amides is 2. The van der Waals surface area contributed by atoms with Crippen molar-refractivity contribution in [2.45, 2.75) is 25.9 Å². The molecule has 0 fully saturated rings. The Kier molecular flexibility index (Phi) is 7.55. The van der Waals surface area contributed by atoms with Crippen molar-refractivity contribution in [3.05, 3.63) is 30.1 Å². The molecule has 2 N–H and O–H groups in total. The van der Waals surface area contributed by atoms with Gasteiger partial charge in [-0.3, -0.25) is 9.59 Å². The molecule has 0 bridgehead atoms.